The number of hydrogen-bond donors (Lipinski definition) is 0. The van der Waals surface area contributed by atoms with Crippen LogP contribution < -0.4 is 4.74 Å². The van der Waals surface area contributed by atoms with E-state index in [0.717, 1.165) is 12.0 Å². The Bertz CT molecular complexity index is 672. The Kier molecular flexibility index (Phi) is 5.15. The van der Waals surface area contributed by atoms with Crippen LogP contribution >= 0.6 is 0 Å². The molecule has 134 valence electrons. The van der Waals surface area contributed by atoms with Crippen LogP contribution in [0.25, 0.3) is 0 Å². The van der Waals surface area contributed by atoms with Gasteiger partial charge in [0.1, 0.15) is 10.6 Å². The molecular weight excluding hydrogens is 330 g/mol. The summed E-state index contributed by atoms with van der Waals surface area (Å²) in [7, 11) is -3.60. The maximum absolute atomic E-state index is 13.1. The lowest BCUT2D eigenvalue weighted by atomic mass is 10.0. The number of benzene rings is 1. The van der Waals surface area contributed by atoms with Gasteiger partial charge < -0.3 is 14.2 Å². The summed E-state index contributed by atoms with van der Waals surface area (Å²) in [6.07, 6.45) is 2.01. The van der Waals surface area contributed by atoms with Crippen molar-refractivity contribution in [3.8, 4) is 5.75 Å². The largest absolute Gasteiger partial charge is 0.492 e. The predicted octanol–water partition coefficient (Wildman–Crippen LogP) is 2.31. The van der Waals surface area contributed by atoms with E-state index in [4.69, 9.17) is 14.2 Å². The second-order valence-corrected chi connectivity index (χ2v) is 8.15. The lowest BCUT2D eigenvalue weighted by Crippen LogP contribution is -2.51. The summed E-state index contributed by atoms with van der Waals surface area (Å²) in [5.41, 5.74) is 0.893. The zero-order chi connectivity index (χ0) is 17.2. The number of aryl methyl sites for hydroxylation is 1. The van der Waals surface area contributed by atoms with Crippen LogP contribution in [0.2, 0.25) is 0 Å². The number of hydrogen-bond acceptors (Lipinski definition) is 5. The molecule has 2 aliphatic rings. The molecule has 2 saturated heterocycles. The van der Waals surface area contributed by atoms with Gasteiger partial charge in [0.15, 0.2) is 5.79 Å². The van der Waals surface area contributed by atoms with E-state index in [9.17, 15) is 8.42 Å². The first-order chi connectivity index (χ1) is 11.5. The summed E-state index contributed by atoms with van der Waals surface area (Å²) in [6.45, 7) is 6.29. The van der Waals surface area contributed by atoms with Crippen LogP contribution in [0.15, 0.2) is 23.1 Å². The third-order valence-corrected chi connectivity index (χ3v) is 6.44. The van der Waals surface area contributed by atoms with Crippen LogP contribution in [-0.2, 0) is 19.5 Å². The molecule has 0 saturated carbocycles. The van der Waals surface area contributed by atoms with Gasteiger partial charge in [0.05, 0.1) is 19.8 Å². The third-order valence-electron chi connectivity index (χ3n) is 4.52. The van der Waals surface area contributed by atoms with Gasteiger partial charge in [0, 0.05) is 25.9 Å². The van der Waals surface area contributed by atoms with E-state index in [2.05, 4.69) is 0 Å². The molecule has 3 rings (SSSR count). The molecule has 0 N–H and O–H groups in total. The Morgan fingerprint density at radius 2 is 1.88 bits per heavy atom. The van der Waals surface area contributed by atoms with Gasteiger partial charge in [-0.3, -0.25) is 0 Å². The monoisotopic (exact) mass is 355 g/mol. The number of sulfonamides is 1. The van der Waals surface area contributed by atoms with Gasteiger partial charge in [0.2, 0.25) is 10.0 Å². The van der Waals surface area contributed by atoms with Crippen molar-refractivity contribution >= 4 is 10.0 Å². The van der Waals surface area contributed by atoms with Gasteiger partial charge >= 0.3 is 0 Å². The molecule has 1 aromatic carbocycles. The molecule has 2 heterocycles. The molecule has 0 bridgehead atoms. The zero-order valence-corrected chi connectivity index (χ0v) is 15.1. The van der Waals surface area contributed by atoms with Gasteiger partial charge in [-0.2, -0.15) is 4.31 Å². The quantitative estimate of drug-likeness (QED) is 0.829. The van der Waals surface area contributed by atoms with Gasteiger partial charge in [-0.1, -0.05) is 6.07 Å². The molecule has 0 aliphatic carbocycles. The minimum Gasteiger partial charge on any atom is -0.492 e. The van der Waals surface area contributed by atoms with Gasteiger partial charge in [-0.15, -0.1) is 0 Å². The minimum atomic E-state index is -3.60. The first-order valence-electron chi connectivity index (χ1n) is 8.48. The highest BCUT2D eigenvalue weighted by atomic mass is 32.2. The molecular formula is C17H25NO5S. The molecule has 2 fully saturated rings. The van der Waals surface area contributed by atoms with Gasteiger partial charge in [-0.05, 0) is 38.0 Å². The molecule has 0 amide bonds. The molecule has 6 nitrogen and oxygen atoms in total. The molecule has 1 aromatic rings. The first kappa shape index (κ1) is 17.7. The standard InChI is InChI=1S/C17H25NO5S/c1-3-21-15-6-5-14(2)13-16(15)24(19,20)18-9-7-17(8-10-18)22-11-4-12-23-17/h5-6,13H,3-4,7-12H2,1-2H3. The Morgan fingerprint density at radius 1 is 1.21 bits per heavy atom. The van der Waals surface area contributed by atoms with Gasteiger partial charge in [-0.25, -0.2) is 8.42 Å². The Labute approximate surface area is 143 Å². The molecule has 24 heavy (non-hydrogen) atoms. The molecule has 0 unspecified atom stereocenters. The van der Waals surface area contributed by atoms with Gasteiger partial charge in [0.25, 0.3) is 0 Å². The summed E-state index contributed by atoms with van der Waals surface area (Å²) >= 11 is 0. The van der Waals surface area contributed by atoms with Crippen molar-refractivity contribution in [1.29, 1.82) is 0 Å². The second kappa shape index (κ2) is 7.00. The van der Waals surface area contributed by atoms with Crippen molar-refractivity contribution in [3.05, 3.63) is 23.8 Å². The van der Waals surface area contributed by atoms with E-state index >= 15 is 0 Å². The summed E-state index contributed by atoms with van der Waals surface area (Å²) < 4.78 is 44.7. The van der Waals surface area contributed by atoms with E-state index < -0.39 is 15.8 Å². The highest BCUT2D eigenvalue weighted by molar-refractivity contribution is 7.89. The van der Waals surface area contributed by atoms with Crippen LogP contribution in [0.4, 0.5) is 0 Å². The average Bonchev–Trinajstić information content (AvgIpc) is 2.58. The third kappa shape index (κ3) is 3.44. The maximum Gasteiger partial charge on any atom is 0.246 e. The molecule has 7 heteroatoms. The van der Waals surface area contributed by atoms with Crippen molar-refractivity contribution in [2.24, 2.45) is 0 Å². The van der Waals surface area contributed by atoms with Crippen LogP contribution in [0.5, 0.6) is 5.75 Å². The van der Waals surface area contributed by atoms with E-state index in [-0.39, 0.29) is 4.90 Å². The number of nitrogens with zero attached hydrogens (tertiary/aromatic N) is 1. The van der Waals surface area contributed by atoms with Crippen molar-refractivity contribution in [1.82, 2.24) is 4.31 Å². The van der Waals surface area contributed by atoms with Crippen LogP contribution in [0.3, 0.4) is 0 Å². The summed E-state index contributed by atoms with van der Waals surface area (Å²) in [4.78, 5) is 0.241. The lowest BCUT2D eigenvalue weighted by Gasteiger charge is -2.42. The lowest BCUT2D eigenvalue weighted by molar-refractivity contribution is -0.280. The fraction of sp³-hybridized carbons (Fsp3) is 0.647. The molecule has 1 spiro atoms. The summed E-state index contributed by atoms with van der Waals surface area (Å²) in [5.74, 6) is -0.187. The summed E-state index contributed by atoms with van der Waals surface area (Å²) in [6, 6.07) is 5.27. The Balaban J connectivity index is 1.80. The highest BCUT2D eigenvalue weighted by Gasteiger charge is 2.42. The predicted molar refractivity (Wildman–Crippen MR) is 89.6 cm³/mol. The van der Waals surface area contributed by atoms with E-state index in [1.807, 2.05) is 19.9 Å². The minimum absolute atomic E-state index is 0.241. The van der Waals surface area contributed by atoms with E-state index in [0.29, 0.717) is 51.5 Å². The van der Waals surface area contributed by atoms with Crippen molar-refractivity contribution in [2.45, 2.75) is 43.8 Å². The molecule has 2 aliphatic heterocycles. The van der Waals surface area contributed by atoms with Crippen LogP contribution in [-0.4, -0.2) is 51.4 Å². The highest BCUT2D eigenvalue weighted by Crippen LogP contribution is 2.35. The smallest absolute Gasteiger partial charge is 0.246 e. The topological polar surface area (TPSA) is 65.1 Å². The van der Waals surface area contributed by atoms with E-state index in [1.54, 1.807) is 12.1 Å². The van der Waals surface area contributed by atoms with Crippen LogP contribution in [0, 0.1) is 6.92 Å². The van der Waals surface area contributed by atoms with Crippen molar-refractivity contribution < 1.29 is 22.6 Å². The molecule has 0 aromatic heterocycles. The normalized spacial score (nSPS) is 21.8. The fourth-order valence-electron chi connectivity index (χ4n) is 3.20. The molecule has 0 radical (unpaired) electrons. The average molecular weight is 355 g/mol. The van der Waals surface area contributed by atoms with Crippen LogP contribution in [0.1, 0.15) is 31.7 Å². The Hall–Kier alpha value is -1.15. The Morgan fingerprint density at radius 3 is 2.50 bits per heavy atom. The SMILES string of the molecule is CCOc1ccc(C)cc1S(=O)(=O)N1CCC2(CC1)OCCCO2. The molecule has 0 atom stereocenters. The first-order valence-corrected chi connectivity index (χ1v) is 9.92. The number of piperidine rings is 1. The fourth-order valence-corrected chi connectivity index (χ4v) is 4.86. The van der Waals surface area contributed by atoms with Crippen molar-refractivity contribution in [3.63, 3.8) is 0 Å². The summed E-state index contributed by atoms with van der Waals surface area (Å²) in [5, 5.41) is 0. The second-order valence-electron chi connectivity index (χ2n) is 6.25. The zero-order valence-electron chi connectivity index (χ0n) is 14.3. The number of rotatable bonds is 4. The maximum atomic E-state index is 13.1. The number of ether oxygens (including phenoxy) is 3. The van der Waals surface area contributed by atoms with E-state index in [1.165, 1.54) is 4.31 Å². The van der Waals surface area contributed by atoms with Crippen molar-refractivity contribution in [2.75, 3.05) is 32.9 Å².